The number of imidazole rings is 2. The predicted octanol–water partition coefficient (Wildman–Crippen LogP) is 7.83. The van der Waals surface area contributed by atoms with Crippen molar-refractivity contribution in [3.63, 3.8) is 0 Å². The van der Waals surface area contributed by atoms with Crippen LogP contribution in [0.15, 0.2) is 122 Å². The van der Waals surface area contributed by atoms with E-state index in [0.717, 1.165) is 101 Å². The molecule has 3 fully saturated rings. The summed E-state index contributed by atoms with van der Waals surface area (Å²) in [6, 6.07) is 33.0. The number of aromatic amines is 2. The smallest absolute Gasteiger partial charge is 0.318 e. The van der Waals surface area contributed by atoms with Crippen molar-refractivity contribution in [1.82, 2.24) is 40.0 Å². The molecule has 0 bridgehead atoms. The van der Waals surface area contributed by atoms with Crippen LogP contribution < -0.4 is 11.1 Å². The van der Waals surface area contributed by atoms with Gasteiger partial charge in [-0.25, -0.2) is 14.8 Å². The summed E-state index contributed by atoms with van der Waals surface area (Å²) in [5.41, 5.74) is 13.4. The molecular weight excluding hydrogens is 775 g/mol. The van der Waals surface area contributed by atoms with E-state index in [4.69, 9.17) is 10.7 Å². The molecule has 0 unspecified atom stereocenters. The van der Waals surface area contributed by atoms with Crippen molar-refractivity contribution >= 4 is 17.8 Å². The molecule has 12 heteroatoms. The van der Waals surface area contributed by atoms with E-state index < -0.39 is 12.1 Å². The Morgan fingerprint density at radius 3 is 1.60 bits per heavy atom. The second-order valence-corrected chi connectivity index (χ2v) is 16.4. The molecule has 4 atom stereocenters. The molecule has 3 aliphatic heterocycles. The molecule has 9 rings (SSSR count). The number of amides is 4. The molecule has 2 aromatic heterocycles. The fourth-order valence-corrected chi connectivity index (χ4v) is 8.94. The van der Waals surface area contributed by atoms with Crippen molar-refractivity contribution in [3.8, 4) is 34.4 Å². The van der Waals surface area contributed by atoms with Gasteiger partial charge in [0.2, 0.25) is 11.8 Å². The number of nitrogens with two attached hydrogens (primary N) is 1. The first kappa shape index (κ1) is 40.4. The highest BCUT2D eigenvalue weighted by Crippen LogP contribution is 2.35. The number of carbonyl (C=O) groups is 3. The summed E-state index contributed by atoms with van der Waals surface area (Å²) in [7, 11) is 0. The number of hydrogen-bond donors (Lipinski definition) is 4. The van der Waals surface area contributed by atoms with Crippen molar-refractivity contribution < 1.29 is 14.4 Å². The minimum Gasteiger partial charge on any atom is -0.340 e. The molecule has 12 nitrogen and oxygen atoms in total. The molecule has 4 amide bonds. The number of H-pyrrole nitrogens is 2. The van der Waals surface area contributed by atoms with Crippen LogP contribution in [0.25, 0.3) is 22.5 Å². The summed E-state index contributed by atoms with van der Waals surface area (Å²) in [6.45, 7) is 2.66. The summed E-state index contributed by atoms with van der Waals surface area (Å²) in [5.74, 6) is 7.85. The second kappa shape index (κ2) is 18.3. The van der Waals surface area contributed by atoms with Gasteiger partial charge < -0.3 is 35.7 Å². The molecular formula is C50H51N9O3. The highest BCUT2D eigenvalue weighted by atomic mass is 16.2. The van der Waals surface area contributed by atoms with Crippen LogP contribution in [-0.2, 0) is 9.59 Å². The Morgan fingerprint density at radius 2 is 1.08 bits per heavy atom. The van der Waals surface area contributed by atoms with Gasteiger partial charge in [0, 0.05) is 37.3 Å². The van der Waals surface area contributed by atoms with E-state index in [1.807, 2.05) is 136 Å². The topological polar surface area (TPSA) is 156 Å². The lowest BCUT2D eigenvalue weighted by atomic mass is 10.0. The second-order valence-electron chi connectivity index (χ2n) is 16.4. The molecule has 0 saturated carbocycles. The summed E-state index contributed by atoms with van der Waals surface area (Å²) in [4.78, 5) is 62.9. The van der Waals surface area contributed by atoms with E-state index in [2.05, 4.69) is 32.1 Å². The van der Waals surface area contributed by atoms with E-state index in [-0.39, 0.29) is 29.9 Å². The first-order chi connectivity index (χ1) is 30.4. The number of urea groups is 1. The summed E-state index contributed by atoms with van der Waals surface area (Å²) >= 11 is 0. The maximum atomic E-state index is 14.3. The molecule has 0 spiro atoms. The number of rotatable bonds is 9. The van der Waals surface area contributed by atoms with Gasteiger partial charge in [0.05, 0.1) is 35.9 Å². The molecule has 3 aliphatic rings. The van der Waals surface area contributed by atoms with Crippen molar-refractivity contribution in [2.45, 2.75) is 69.1 Å². The van der Waals surface area contributed by atoms with Crippen LogP contribution in [0.4, 0.5) is 4.79 Å². The van der Waals surface area contributed by atoms with Gasteiger partial charge in [-0.15, -0.1) is 0 Å². The Kier molecular flexibility index (Phi) is 12.0. The standard InChI is InChI=1S/C50H51N9O3/c51-44(38-12-4-1-5-13-38)48(60)58-30-10-16-42(58)46-52-32-40(54-46)36-24-20-34(21-25-36)18-19-35-22-26-37(27-23-35)41-33-53-47(55-41)43-17-11-31-59(43)49(61)45(39-14-6-2-7-15-39)56-50(62)57-28-8-3-9-29-57/h1-2,4-7,12-15,20-27,32-33,42-45H,3,8-11,16-17,28-31,51H2,(H,52,54)(H,53,55)(H,56,62)/t42-,43-,44+,45+/m0/s1. The van der Waals surface area contributed by atoms with Crippen LogP contribution >= 0.6 is 0 Å². The lowest BCUT2D eigenvalue weighted by Crippen LogP contribution is -2.48. The zero-order chi connectivity index (χ0) is 42.4. The average Bonchev–Trinajstić information content (AvgIpc) is 4.18. The van der Waals surface area contributed by atoms with Crippen molar-refractivity contribution in [3.05, 3.63) is 155 Å². The zero-order valence-corrected chi connectivity index (χ0v) is 34.7. The van der Waals surface area contributed by atoms with E-state index in [9.17, 15) is 14.4 Å². The van der Waals surface area contributed by atoms with Gasteiger partial charge in [-0.2, -0.15) is 0 Å². The number of nitrogens with zero attached hydrogens (tertiary/aromatic N) is 5. The SMILES string of the molecule is N[C@@H](C(=O)N1CCC[C@H]1c1ncc(-c2ccc(C#Cc3ccc(-c4cnc([C@@H]5CCCN5C(=O)[C@H](NC(=O)N5CCCCC5)c5ccccc5)[nH]4)cc3)cc2)[nH]1)c1ccccc1. The molecule has 5 N–H and O–H groups in total. The normalized spacial score (nSPS) is 18.5. The molecule has 4 aromatic carbocycles. The number of aromatic nitrogens is 4. The monoisotopic (exact) mass is 825 g/mol. The molecule has 6 aromatic rings. The van der Waals surface area contributed by atoms with Crippen molar-refractivity contribution in [2.24, 2.45) is 5.73 Å². The minimum absolute atomic E-state index is 0.0876. The third kappa shape index (κ3) is 8.76. The van der Waals surface area contributed by atoms with Crippen LogP contribution in [0.3, 0.4) is 0 Å². The maximum absolute atomic E-state index is 14.3. The third-order valence-electron chi connectivity index (χ3n) is 12.4. The fourth-order valence-electron chi connectivity index (χ4n) is 8.94. The molecule has 3 saturated heterocycles. The fraction of sp³-hybridized carbons (Fsp3) is 0.300. The van der Waals surface area contributed by atoms with Gasteiger partial charge >= 0.3 is 6.03 Å². The third-order valence-corrected chi connectivity index (χ3v) is 12.4. The molecule has 62 heavy (non-hydrogen) atoms. The highest BCUT2D eigenvalue weighted by Gasteiger charge is 2.38. The quantitative estimate of drug-likeness (QED) is 0.109. The van der Waals surface area contributed by atoms with Crippen LogP contribution in [-0.4, -0.2) is 78.7 Å². The minimum atomic E-state index is -0.782. The van der Waals surface area contributed by atoms with Gasteiger partial charge in [-0.05, 0) is 91.5 Å². The van der Waals surface area contributed by atoms with Crippen LogP contribution in [0, 0.1) is 11.8 Å². The summed E-state index contributed by atoms with van der Waals surface area (Å²) in [6.07, 6.45) is 10.1. The molecule has 0 radical (unpaired) electrons. The largest absolute Gasteiger partial charge is 0.340 e. The summed E-state index contributed by atoms with van der Waals surface area (Å²) in [5, 5.41) is 3.08. The number of hydrogen-bond acceptors (Lipinski definition) is 6. The first-order valence-corrected chi connectivity index (χ1v) is 21.7. The Balaban J connectivity index is 0.828. The maximum Gasteiger partial charge on any atom is 0.318 e. The van der Waals surface area contributed by atoms with E-state index >= 15 is 0 Å². The Morgan fingerprint density at radius 1 is 0.597 bits per heavy atom. The Bertz CT molecular complexity index is 2550. The number of nitrogens with one attached hydrogen (secondary N) is 3. The molecule has 314 valence electrons. The Labute approximate surface area is 362 Å². The highest BCUT2D eigenvalue weighted by molar-refractivity contribution is 5.89. The lowest BCUT2D eigenvalue weighted by Gasteiger charge is -2.32. The predicted molar refractivity (Wildman–Crippen MR) is 238 cm³/mol. The zero-order valence-electron chi connectivity index (χ0n) is 34.7. The van der Waals surface area contributed by atoms with E-state index in [0.29, 0.717) is 26.2 Å². The van der Waals surface area contributed by atoms with Gasteiger partial charge in [0.15, 0.2) is 0 Å². The van der Waals surface area contributed by atoms with E-state index in [1.54, 1.807) is 0 Å². The number of carbonyl (C=O) groups excluding carboxylic acids is 3. The molecule has 0 aliphatic carbocycles. The van der Waals surface area contributed by atoms with Crippen molar-refractivity contribution in [2.75, 3.05) is 26.2 Å². The van der Waals surface area contributed by atoms with Gasteiger partial charge in [0.25, 0.3) is 0 Å². The Hall–Kier alpha value is -6.97. The average molecular weight is 826 g/mol. The van der Waals surface area contributed by atoms with Gasteiger partial charge in [0.1, 0.15) is 23.7 Å². The van der Waals surface area contributed by atoms with E-state index in [1.165, 1.54) is 0 Å². The lowest BCUT2D eigenvalue weighted by molar-refractivity contribution is -0.135. The number of piperidine rings is 1. The van der Waals surface area contributed by atoms with Gasteiger partial charge in [-0.3, -0.25) is 9.59 Å². The number of benzene rings is 4. The van der Waals surface area contributed by atoms with Gasteiger partial charge in [-0.1, -0.05) is 96.8 Å². The van der Waals surface area contributed by atoms with Crippen LogP contribution in [0.5, 0.6) is 0 Å². The number of likely N-dealkylation sites (tertiary alicyclic amines) is 3. The molecule has 5 heterocycles. The van der Waals surface area contributed by atoms with Crippen LogP contribution in [0.1, 0.15) is 103 Å². The van der Waals surface area contributed by atoms with Crippen LogP contribution in [0.2, 0.25) is 0 Å². The summed E-state index contributed by atoms with van der Waals surface area (Å²) < 4.78 is 0. The first-order valence-electron chi connectivity index (χ1n) is 21.7. The van der Waals surface area contributed by atoms with Crippen molar-refractivity contribution in [1.29, 1.82) is 0 Å².